The quantitative estimate of drug-likeness (QED) is 0.107. The summed E-state index contributed by atoms with van der Waals surface area (Å²) in [5.41, 5.74) is -3.81. The zero-order valence-electron chi connectivity index (χ0n) is 44.3. The highest BCUT2D eigenvalue weighted by Crippen LogP contribution is 2.42. The minimum absolute atomic E-state index is 0.0325. The van der Waals surface area contributed by atoms with Crippen LogP contribution >= 0.6 is 0 Å². The van der Waals surface area contributed by atoms with Gasteiger partial charge in [-0.3, -0.25) is 14.5 Å². The second kappa shape index (κ2) is 24.5. The van der Waals surface area contributed by atoms with Gasteiger partial charge in [0.25, 0.3) is 5.91 Å². The van der Waals surface area contributed by atoms with Crippen LogP contribution in [0.3, 0.4) is 0 Å². The number of hydrogen-bond acceptors (Lipinski definition) is 17. The van der Waals surface area contributed by atoms with E-state index >= 15 is 0 Å². The Balaban J connectivity index is 1.40. The van der Waals surface area contributed by atoms with Gasteiger partial charge in [-0.2, -0.15) is 0 Å². The van der Waals surface area contributed by atoms with Crippen molar-refractivity contribution in [3.8, 4) is 0 Å². The average Bonchev–Trinajstić information content (AvgIpc) is 3.62. The molecule has 4 aliphatic heterocycles. The van der Waals surface area contributed by atoms with Gasteiger partial charge in [-0.25, -0.2) is 14.0 Å². The lowest BCUT2D eigenvalue weighted by Crippen LogP contribution is -2.61. The number of carbonyl (C=O) groups excluding carboxylic acids is 4. The van der Waals surface area contributed by atoms with Gasteiger partial charge in [-0.1, -0.05) is 20.8 Å². The second-order valence-corrected chi connectivity index (χ2v) is 21.3. The van der Waals surface area contributed by atoms with Crippen molar-refractivity contribution >= 4 is 24.1 Å². The Hall–Kier alpha value is -3.73. The number of nitrogens with zero attached hydrogens (tertiary/aromatic N) is 2. The van der Waals surface area contributed by atoms with Gasteiger partial charge in [0.15, 0.2) is 30.4 Å². The van der Waals surface area contributed by atoms with Gasteiger partial charge in [0.05, 0.1) is 35.9 Å². The van der Waals surface area contributed by atoms with Crippen molar-refractivity contribution in [3.63, 3.8) is 0 Å². The smallest absolute Gasteiger partial charge is 0.458 e. The number of aliphatic hydroxyl groups is 2. The van der Waals surface area contributed by atoms with E-state index in [1.165, 1.54) is 31.4 Å². The number of alkyl carbamates (subject to hydrolysis) is 1. The number of ether oxygens (including phenoxy) is 9. The van der Waals surface area contributed by atoms with Crippen molar-refractivity contribution in [1.82, 2.24) is 20.4 Å². The molecule has 1 aromatic carbocycles. The molecule has 0 bridgehead atoms. The monoisotopic (exact) mass is 1010 g/mol. The zero-order valence-corrected chi connectivity index (χ0v) is 44.3. The molecule has 4 N–H and O–H groups in total. The van der Waals surface area contributed by atoms with E-state index in [9.17, 15) is 33.8 Å². The van der Waals surface area contributed by atoms with E-state index in [-0.39, 0.29) is 49.8 Å². The Morgan fingerprint density at radius 3 is 2.20 bits per heavy atom. The topological polar surface area (TPSA) is 222 Å². The average molecular weight is 1010 g/mol. The Morgan fingerprint density at radius 2 is 1.58 bits per heavy atom. The first-order valence-corrected chi connectivity index (χ1v) is 25.3. The molecule has 4 saturated heterocycles. The molecule has 18 atom stereocenters. The number of aliphatic hydroxyl groups excluding tert-OH is 1. The van der Waals surface area contributed by atoms with Crippen LogP contribution in [-0.2, 0) is 47.4 Å². The molecule has 0 radical (unpaired) electrons. The zero-order chi connectivity index (χ0) is 52.7. The summed E-state index contributed by atoms with van der Waals surface area (Å²) < 4.78 is 69.8. The highest BCUT2D eigenvalue weighted by atomic mass is 19.1. The number of halogens is 1. The fourth-order valence-corrected chi connectivity index (χ4v) is 11.1. The van der Waals surface area contributed by atoms with Gasteiger partial charge in [-0.05, 0) is 132 Å². The molecular weight excluding hydrogens is 928 g/mol. The van der Waals surface area contributed by atoms with Crippen LogP contribution in [-0.4, -0.2) is 182 Å². The minimum atomic E-state index is -1.62. The summed E-state index contributed by atoms with van der Waals surface area (Å²) in [6.45, 7) is 19.1. The first kappa shape index (κ1) is 58.2. The predicted molar refractivity (Wildman–Crippen MR) is 258 cm³/mol. The number of nitrogens with one attached hydrogen (secondary N) is 2. The third-order valence-corrected chi connectivity index (χ3v) is 15.1. The fraction of sp³-hybridized carbons (Fsp3) is 0.804. The van der Waals surface area contributed by atoms with Crippen LogP contribution < -0.4 is 10.6 Å². The van der Waals surface area contributed by atoms with Crippen LogP contribution in [0.25, 0.3) is 0 Å². The number of cyclic esters (lactones) is 1. The molecule has 2 amide bonds. The summed E-state index contributed by atoms with van der Waals surface area (Å²) >= 11 is 0. The Labute approximate surface area is 419 Å². The van der Waals surface area contributed by atoms with E-state index < -0.39 is 114 Å². The predicted octanol–water partition coefficient (Wildman–Crippen LogP) is 5.17. The number of esters is 1. The first-order valence-electron chi connectivity index (χ1n) is 25.3. The highest BCUT2D eigenvalue weighted by Gasteiger charge is 2.58. The molecule has 5 rings (SSSR count). The van der Waals surface area contributed by atoms with Crippen molar-refractivity contribution in [2.75, 3.05) is 47.9 Å². The molecule has 0 spiro atoms. The van der Waals surface area contributed by atoms with Gasteiger partial charge in [-0.15, -0.1) is 0 Å². The van der Waals surface area contributed by atoms with Crippen LogP contribution in [0.4, 0.5) is 14.0 Å². The van der Waals surface area contributed by atoms with E-state index in [0.29, 0.717) is 37.9 Å². The van der Waals surface area contributed by atoms with Gasteiger partial charge >= 0.3 is 18.2 Å². The molecule has 4 fully saturated rings. The molecule has 20 heteroatoms. The lowest BCUT2D eigenvalue weighted by atomic mass is 9.77. The maximum absolute atomic E-state index is 14.7. The number of benzene rings is 1. The lowest BCUT2D eigenvalue weighted by Gasteiger charge is -2.49. The maximum Gasteiger partial charge on any atom is 0.509 e. The van der Waals surface area contributed by atoms with Gasteiger partial charge in [0, 0.05) is 56.7 Å². The fourth-order valence-electron chi connectivity index (χ4n) is 11.1. The van der Waals surface area contributed by atoms with Crippen LogP contribution in [0.2, 0.25) is 0 Å². The van der Waals surface area contributed by atoms with Gasteiger partial charge < -0.3 is 68.4 Å². The number of unbranched alkanes of at least 4 members (excludes halogenated alkanes) is 1. The SMILES string of the molecule is CC[C@H]1OC(=O)[C@H](C)[C@@H](O[C@H]2C[C@@](C)(OC)[C@@H](OC(=O)NCCCCNC(=O)c3ccc(F)cc3)[C@H](C)O2)[C@H](C)[C@@H](O[C@@H]2O[C@H](C)C[C@H](N(C)C)[C@H]2O)[C@](C)(O)C[C@@H](C)CN(C)[C@H](C)[C@H]2OC(=O)O[C@@]21C. The number of amides is 2. The molecule has 71 heavy (non-hydrogen) atoms. The first-order chi connectivity index (χ1) is 33.2. The van der Waals surface area contributed by atoms with Crippen molar-refractivity contribution in [2.24, 2.45) is 17.8 Å². The molecule has 4 heterocycles. The van der Waals surface area contributed by atoms with Crippen LogP contribution in [0, 0.1) is 23.6 Å². The van der Waals surface area contributed by atoms with Crippen molar-refractivity contribution in [3.05, 3.63) is 35.6 Å². The molecule has 1 aromatic rings. The Morgan fingerprint density at radius 1 is 0.930 bits per heavy atom. The Bertz CT molecular complexity index is 1930. The summed E-state index contributed by atoms with van der Waals surface area (Å²) in [6.07, 6.45) is -8.74. The third kappa shape index (κ3) is 14.1. The number of hydrogen-bond donors (Lipinski definition) is 4. The van der Waals surface area contributed by atoms with E-state index in [1.807, 2.05) is 65.6 Å². The molecule has 19 nitrogen and oxygen atoms in total. The number of methoxy groups -OCH3 is 1. The van der Waals surface area contributed by atoms with Crippen LogP contribution in [0.5, 0.6) is 0 Å². The van der Waals surface area contributed by atoms with E-state index in [2.05, 4.69) is 10.6 Å². The standard InChI is InChI=1S/C51H83FN4O15/c1-15-37-51(10)42(70-48(61)71-51)32(6)56(13)27-28(2)25-49(8,62)41(68-46-39(57)36(55(11)12)24-29(3)64-46)30(4)40(31(5)45(59)66-37)67-38-26-50(9,63-14)43(33(7)65-38)69-47(60)54-23-17-16-22-53-44(58)34-18-20-35(52)21-19-34/h18-21,28-33,36-43,46,57,62H,15-17,22-27H2,1-14H3,(H,53,58)(H,54,60)/t28-,29-,30+,31-,32-,33+,36+,37-,38+,39-,40+,41-,42-,43+,46+,49-,50-,51-/m1/s1. The van der Waals surface area contributed by atoms with E-state index in [1.54, 1.807) is 34.6 Å². The minimum Gasteiger partial charge on any atom is -0.458 e. The Kier molecular flexibility index (Phi) is 20.1. The van der Waals surface area contributed by atoms with Gasteiger partial charge in [0.1, 0.15) is 23.6 Å². The normalized spacial score (nSPS) is 39.8. The second-order valence-electron chi connectivity index (χ2n) is 21.3. The molecule has 404 valence electrons. The summed E-state index contributed by atoms with van der Waals surface area (Å²) in [5, 5.41) is 30.1. The molecule has 0 unspecified atom stereocenters. The van der Waals surface area contributed by atoms with Crippen molar-refractivity contribution in [1.29, 1.82) is 0 Å². The molecule has 4 aliphatic rings. The third-order valence-electron chi connectivity index (χ3n) is 15.1. The summed E-state index contributed by atoms with van der Waals surface area (Å²) in [6, 6.07) is 4.54. The molecule has 0 saturated carbocycles. The summed E-state index contributed by atoms with van der Waals surface area (Å²) in [4.78, 5) is 57.2. The molecule has 0 aliphatic carbocycles. The van der Waals surface area contributed by atoms with Crippen LogP contribution in [0.15, 0.2) is 24.3 Å². The van der Waals surface area contributed by atoms with E-state index in [4.69, 9.17) is 42.6 Å². The number of fused-ring (bicyclic) bond motifs is 1. The van der Waals surface area contributed by atoms with Crippen LogP contribution in [0.1, 0.15) is 118 Å². The summed E-state index contributed by atoms with van der Waals surface area (Å²) in [5.74, 6) is -3.51. The highest BCUT2D eigenvalue weighted by molar-refractivity contribution is 5.94. The number of carbonyl (C=O) groups is 4. The number of likely N-dealkylation sites (N-methyl/N-ethyl adjacent to an activating group) is 2. The number of rotatable bonds is 14. The molecule has 0 aromatic heterocycles. The maximum atomic E-state index is 14.7. The largest absolute Gasteiger partial charge is 0.509 e. The lowest BCUT2D eigenvalue weighted by molar-refractivity contribution is -0.317. The van der Waals surface area contributed by atoms with Crippen molar-refractivity contribution in [2.45, 2.75) is 198 Å². The van der Waals surface area contributed by atoms with Crippen molar-refractivity contribution < 1.29 is 76.4 Å². The van der Waals surface area contributed by atoms with Gasteiger partial charge in [0.2, 0.25) is 0 Å². The molecular formula is C51H83FN4O15. The summed E-state index contributed by atoms with van der Waals surface area (Å²) in [7, 11) is 7.14. The van der Waals surface area contributed by atoms with E-state index in [0.717, 1.165) is 0 Å².